The molecular weight excluding hydrogens is 365 g/mol. The van der Waals surface area contributed by atoms with Crippen molar-refractivity contribution in [1.29, 1.82) is 0 Å². The first-order chi connectivity index (χ1) is 12.9. The second-order valence-electron chi connectivity index (χ2n) is 6.22. The molecule has 0 aliphatic carbocycles. The third-order valence-electron chi connectivity index (χ3n) is 3.93. The minimum Gasteiger partial charge on any atom is -0.489 e. The van der Waals surface area contributed by atoms with Crippen LogP contribution in [0.15, 0.2) is 53.4 Å². The van der Waals surface area contributed by atoms with Gasteiger partial charge in [0.1, 0.15) is 11.6 Å². The summed E-state index contributed by atoms with van der Waals surface area (Å²) in [6, 6.07) is 12.6. The van der Waals surface area contributed by atoms with Crippen LogP contribution in [0.25, 0.3) is 5.57 Å². The van der Waals surface area contributed by atoms with E-state index in [1.54, 1.807) is 24.3 Å². The smallest absolute Gasteiger partial charge is 0.272 e. The SMILES string of the molecule is CCSC1=C(c2ccc(F)cc2)C(=O)N(c2ccccc2OC(C)C)C1=O. The zero-order valence-electron chi connectivity index (χ0n) is 15.4. The van der Waals surface area contributed by atoms with Gasteiger partial charge in [-0.3, -0.25) is 9.59 Å². The largest absolute Gasteiger partial charge is 0.489 e. The fourth-order valence-electron chi connectivity index (χ4n) is 2.87. The summed E-state index contributed by atoms with van der Waals surface area (Å²) in [4.78, 5) is 27.8. The molecule has 0 spiro atoms. The molecule has 1 aliphatic heterocycles. The molecule has 1 heterocycles. The van der Waals surface area contributed by atoms with E-state index in [0.717, 1.165) is 4.90 Å². The lowest BCUT2D eigenvalue weighted by molar-refractivity contribution is -0.119. The molecule has 0 N–H and O–H groups in total. The van der Waals surface area contributed by atoms with Crippen molar-refractivity contribution in [3.05, 3.63) is 64.8 Å². The molecule has 2 amide bonds. The first-order valence-electron chi connectivity index (χ1n) is 8.71. The van der Waals surface area contributed by atoms with Crippen molar-refractivity contribution in [2.45, 2.75) is 26.9 Å². The van der Waals surface area contributed by atoms with Gasteiger partial charge in [-0.1, -0.05) is 31.2 Å². The second kappa shape index (κ2) is 7.96. The Balaban J connectivity index is 2.08. The first-order valence-corrected chi connectivity index (χ1v) is 9.70. The molecule has 4 nitrogen and oxygen atoms in total. The maximum atomic E-state index is 13.3. The van der Waals surface area contributed by atoms with Crippen LogP contribution in [0.1, 0.15) is 26.3 Å². The predicted octanol–water partition coefficient (Wildman–Crippen LogP) is 4.65. The average molecular weight is 385 g/mol. The van der Waals surface area contributed by atoms with Crippen molar-refractivity contribution in [1.82, 2.24) is 0 Å². The highest BCUT2D eigenvalue weighted by Crippen LogP contribution is 2.41. The van der Waals surface area contributed by atoms with Gasteiger partial charge in [-0.25, -0.2) is 9.29 Å². The monoisotopic (exact) mass is 385 g/mol. The molecule has 0 radical (unpaired) electrons. The number of halogens is 1. The molecule has 2 aromatic carbocycles. The minimum atomic E-state index is -0.428. The lowest BCUT2D eigenvalue weighted by atomic mass is 10.1. The number of anilines is 1. The first kappa shape index (κ1) is 19.2. The molecule has 0 unspecified atom stereocenters. The van der Waals surface area contributed by atoms with Crippen LogP contribution in [0, 0.1) is 5.82 Å². The highest BCUT2D eigenvalue weighted by Gasteiger charge is 2.41. The fourth-order valence-corrected chi connectivity index (χ4v) is 3.73. The Hall–Kier alpha value is -2.60. The van der Waals surface area contributed by atoms with Crippen molar-refractivity contribution < 1.29 is 18.7 Å². The van der Waals surface area contributed by atoms with Gasteiger partial charge < -0.3 is 4.74 Å². The molecule has 27 heavy (non-hydrogen) atoms. The normalized spacial score (nSPS) is 14.5. The van der Waals surface area contributed by atoms with Gasteiger partial charge in [0.2, 0.25) is 0 Å². The molecule has 0 saturated heterocycles. The van der Waals surface area contributed by atoms with Crippen LogP contribution in [-0.2, 0) is 9.59 Å². The second-order valence-corrected chi connectivity index (χ2v) is 7.50. The Kier molecular flexibility index (Phi) is 5.65. The van der Waals surface area contributed by atoms with E-state index in [1.165, 1.54) is 36.0 Å². The van der Waals surface area contributed by atoms with Gasteiger partial charge >= 0.3 is 0 Å². The highest BCUT2D eigenvalue weighted by atomic mass is 32.2. The van der Waals surface area contributed by atoms with Crippen molar-refractivity contribution >= 4 is 34.8 Å². The predicted molar refractivity (Wildman–Crippen MR) is 106 cm³/mol. The van der Waals surface area contributed by atoms with Crippen LogP contribution in [0.4, 0.5) is 10.1 Å². The molecule has 0 fully saturated rings. The van der Waals surface area contributed by atoms with Crippen molar-refractivity contribution in [3.63, 3.8) is 0 Å². The summed E-state index contributed by atoms with van der Waals surface area (Å²) in [6.07, 6.45) is -0.104. The number of para-hydroxylation sites is 2. The maximum absolute atomic E-state index is 13.3. The summed E-state index contributed by atoms with van der Waals surface area (Å²) in [5, 5.41) is 0. The topological polar surface area (TPSA) is 46.6 Å². The van der Waals surface area contributed by atoms with E-state index in [0.29, 0.717) is 33.2 Å². The van der Waals surface area contributed by atoms with E-state index in [2.05, 4.69) is 0 Å². The third-order valence-corrected chi connectivity index (χ3v) is 4.89. The van der Waals surface area contributed by atoms with E-state index in [-0.39, 0.29) is 12.0 Å². The van der Waals surface area contributed by atoms with Crippen LogP contribution >= 0.6 is 11.8 Å². The lowest BCUT2D eigenvalue weighted by Gasteiger charge is -2.20. The van der Waals surface area contributed by atoms with E-state index in [4.69, 9.17) is 4.74 Å². The van der Waals surface area contributed by atoms with E-state index in [1.807, 2.05) is 20.8 Å². The molecule has 2 aromatic rings. The summed E-state index contributed by atoms with van der Waals surface area (Å²) >= 11 is 1.31. The molecule has 0 aromatic heterocycles. The van der Waals surface area contributed by atoms with Crippen LogP contribution in [0.5, 0.6) is 5.75 Å². The lowest BCUT2D eigenvalue weighted by Crippen LogP contribution is -2.32. The average Bonchev–Trinajstić information content (AvgIpc) is 2.87. The molecule has 3 rings (SSSR count). The standard InChI is InChI=1S/C21H20FNO3S/c1-4-27-19-18(14-9-11-15(22)12-10-14)20(24)23(21(19)25)16-7-5-6-8-17(16)26-13(2)3/h5-13H,4H2,1-3H3. The molecule has 0 saturated carbocycles. The van der Waals surface area contributed by atoms with Crippen molar-refractivity contribution in [2.24, 2.45) is 0 Å². The van der Waals surface area contributed by atoms with Crippen LogP contribution in [-0.4, -0.2) is 23.7 Å². The number of hydrogen-bond donors (Lipinski definition) is 0. The Morgan fingerprint density at radius 1 is 1.04 bits per heavy atom. The molecular formula is C21H20FNO3S. The number of carbonyl (C=O) groups is 2. The van der Waals surface area contributed by atoms with Gasteiger partial charge in [0.15, 0.2) is 0 Å². The number of thioether (sulfide) groups is 1. The number of carbonyl (C=O) groups excluding carboxylic acids is 2. The van der Waals surface area contributed by atoms with Crippen molar-refractivity contribution in [3.8, 4) is 5.75 Å². The Bertz CT molecular complexity index is 906. The van der Waals surface area contributed by atoms with Crippen LogP contribution in [0.2, 0.25) is 0 Å². The van der Waals surface area contributed by atoms with E-state index in [9.17, 15) is 14.0 Å². The van der Waals surface area contributed by atoms with Gasteiger partial charge in [-0.05, 0) is 49.4 Å². The van der Waals surface area contributed by atoms with E-state index < -0.39 is 11.7 Å². The third kappa shape index (κ3) is 3.76. The zero-order chi connectivity index (χ0) is 19.6. The zero-order valence-corrected chi connectivity index (χ0v) is 16.2. The maximum Gasteiger partial charge on any atom is 0.272 e. The molecule has 0 bridgehead atoms. The minimum absolute atomic E-state index is 0.104. The quantitative estimate of drug-likeness (QED) is 0.679. The summed E-state index contributed by atoms with van der Waals surface area (Å²) < 4.78 is 19.1. The number of rotatable bonds is 6. The molecule has 0 atom stereocenters. The number of hydrogen-bond acceptors (Lipinski definition) is 4. The van der Waals surface area contributed by atoms with Gasteiger partial charge in [0.05, 0.1) is 22.3 Å². The molecule has 6 heteroatoms. The number of amides is 2. The van der Waals surface area contributed by atoms with Gasteiger partial charge in [0, 0.05) is 0 Å². The van der Waals surface area contributed by atoms with E-state index >= 15 is 0 Å². The summed E-state index contributed by atoms with van der Waals surface area (Å²) in [5.41, 5.74) is 1.23. The van der Waals surface area contributed by atoms with Crippen LogP contribution in [0.3, 0.4) is 0 Å². The number of benzene rings is 2. The number of nitrogens with zero attached hydrogens (tertiary/aromatic N) is 1. The fraction of sp³-hybridized carbons (Fsp3) is 0.238. The molecule has 1 aliphatic rings. The number of ether oxygens (including phenoxy) is 1. The Morgan fingerprint density at radius 3 is 2.33 bits per heavy atom. The Labute approximate surface area is 162 Å². The van der Waals surface area contributed by atoms with Gasteiger partial charge in [0.25, 0.3) is 11.8 Å². The summed E-state index contributed by atoms with van der Waals surface area (Å²) in [5.74, 6) is -0.103. The highest BCUT2D eigenvalue weighted by molar-refractivity contribution is 8.04. The van der Waals surface area contributed by atoms with Gasteiger partial charge in [-0.15, -0.1) is 11.8 Å². The summed E-state index contributed by atoms with van der Waals surface area (Å²) in [6.45, 7) is 5.67. The molecule has 140 valence electrons. The Morgan fingerprint density at radius 2 is 1.70 bits per heavy atom. The number of imide groups is 1. The summed E-state index contributed by atoms with van der Waals surface area (Å²) in [7, 11) is 0. The van der Waals surface area contributed by atoms with Crippen LogP contribution < -0.4 is 9.64 Å². The van der Waals surface area contributed by atoms with Gasteiger partial charge in [-0.2, -0.15) is 0 Å². The van der Waals surface area contributed by atoms with Crippen molar-refractivity contribution in [2.75, 3.05) is 10.7 Å².